The van der Waals surface area contributed by atoms with Gasteiger partial charge in [0.25, 0.3) is 0 Å². The maximum atomic E-state index is 12.9. The van der Waals surface area contributed by atoms with Crippen LogP contribution in [0.1, 0.15) is 65.2 Å². The fourth-order valence-corrected chi connectivity index (χ4v) is 4.51. The summed E-state index contributed by atoms with van der Waals surface area (Å²) in [4.78, 5) is 12.9. The first-order valence-corrected chi connectivity index (χ1v) is 10.5. The van der Waals surface area contributed by atoms with E-state index in [9.17, 15) is 4.79 Å². The Bertz CT molecular complexity index is 748. The van der Waals surface area contributed by atoms with Crippen molar-refractivity contribution < 1.29 is 9.53 Å². The summed E-state index contributed by atoms with van der Waals surface area (Å²) >= 11 is 0. The van der Waals surface area contributed by atoms with Gasteiger partial charge in [-0.15, -0.1) is 0 Å². The third-order valence-electron chi connectivity index (χ3n) is 4.62. The van der Waals surface area contributed by atoms with E-state index in [1.54, 1.807) is 0 Å². The van der Waals surface area contributed by atoms with Crippen molar-refractivity contribution in [1.82, 2.24) is 0 Å². The van der Waals surface area contributed by atoms with Gasteiger partial charge in [0.2, 0.25) is 0 Å². The third kappa shape index (κ3) is 7.12. The van der Waals surface area contributed by atoms with Crippen LogP contribution in [0.2, 0.25) is 0 Å². The molecule has 0 fully saturated rings. The molecule has 27 heavy (non-hydrogen) atoms. The molecule has 0 aliphatic carbocycles. The third-order valence-corrected chi connectivity index (χ3v) is 5.92. The van der Waals surface area contributed by atoms with Crippen molar-refractivity contribution in [2.75, 3.05) is 6.61 Å². The molecule has 0 saturated carbocycles. The second-order valence-corrected chi connectivity index (χ2v) is 8.36. The number of carbonyl (C=O) groups is 1. The normalized spacial score (nSPS) is 10.9. The Morgan fingerprint density at radius 3 is 2.19 bits per heavy atom. The minimum atomic E-state index is 0. The molecule has 0 heterocycles. The van der Waals surface area contributed by atoms with E-state index in [4.69, 9.17) is 4.74 Å². The number of hydrogen-bond acceptors (Lipinski definition) is 2. The van der Waals surface area contributed by atoms with Gasteiger partial charge in [-0.3, -0.25) is 4.79 Å². The molecule has 1 unspecified atom stereocenters. The van der Waals surface area contributed by atoms with Gasteiger partial charge in [-0.25, -0.2) is 0 Å². The summed E-state index contributed by atoms with van der Waals surface area (Å²) in [6.07, 6.45) is 4.82. The van der Waals surface area contributed by atoms with Crippen molar-refractivity contribution in [2.45, 2.75) is 60.3 Å². The molecule has 0 aliphatic rings. The second-order valence-electron chi connectivity index (χ2n) is 7.11. The minimum absolute atomic E-state index is 0. The predicted octanol–water partition coefficient (Wildman–Crippen LogP) is 5.38. The van der Waals surface area contributed by atoms with Crippen molar-refractivity contribution in [1.29, 1.82) is 0 Å². The number of unbranched alkanes of at least 4 members (excludes halogenated alkanes) is 3. The number of aryl methyl sites for hydroxylation is 4. The molecule has 0 bridgehead atoms. The quantitative estimate of drug-likeness (QED) is 0.333. The SMILES string of the molecule is CCCCCCOc1ccc(PC(=O)c2c(C)cc(C)cc2C)c(C)c1.[LiH]. The molecule has 0 aliphatic heterocycles. The van der Waals surface area contributed by atoms with Gasteiger partial charge in [0.05, 0.1) is 6.61 Å². The molecule has 1 atom stereocenters. The number of ether oxygens (including phenoxy) is 1. The molecule has 0 aromatic heterocycles. The van der Waals surface area contributed by atoms with Gasteiger partial charge < -0.3 is 4.74 Å². The van der Waals surface area contributed by atoms with Crippen LogP contribution in [0.15, 0.2) is 30.3 Å². The first kappa shape index (κ1) is 24.0. The molecule has 0 amide bonds. The molecule has 2 aromatic rings. The van der Waals surface area contributed by atoms with Crippen LogP contribution in [-0.2, 0) is 0 Å². The molecular weight excluding hydrogens is 346 g/mol. The molecule has 0 N–H and O–H groups in total. The van der Waals surface area contributed by atoms with Crippen LogP contribution in [-0.4, -0.2) is 31.0 Å². The Kier molecular flexibility index (Phi) is 10.4. The second kappa shape index (κ2) is 11.7. The van der Waals surface area contributed by atoms with Gasteiger partial charge in [-0.2, -0.15) is 0 Å². The molecular formula is C23H32LiO2P. The van der Waals surface area contributed by atoms with Gasteiger partial charge in [-0.1, -0.05) is 49.9 Å². The molecule has 2 nitrogen and oxygen atoms in total. The molecule has 0 saturated heterocycles. The Morgan fingerprint density at radius 2 is 1.59 bits per heavy atom. The Morgan fingerprint density at radius 1 is 0.926 bits per heavy atom. The van der Waals surface area contributed by atoms with E-state index in [0.29, 0.717) is 0 Å². The Hall–Kier alpha value is -1.06. The van der Waals surface area contributed by atoms with Gasteiger partial charge >= 0.3 is 18.9 Å². The predicted molar refractivity (Wildman–Crippen MR) is 121 cm³/mol. The van der Waals surface area contributed by atoms with Gasteiger partial charge in [0.1, 0.15) is 5.75 Å². The first-order valence-electron chi connectivity index (χ1n) is 9.55. The van der Waals surface area contributed by atoms with Gasteiger partial charge in [0, 0.05) is 5.56 Å². The van der Waals surface area contributed by atoms with E-state index in [1.807, 2.05) is 26.0 Å². The van der Waals surface area contributed by atoms with Gasteiger partial charge in [0.15, 0.2) is 5.52 Å². The van der Waals surface area contributed by atoms with Crippen molar-refractivity contribution in [3.8, 4) is 5.75 Å². The standard InChI is InChI=1S/C23H31O2P.Li.H/c1-6-7-8-9-12-25-20-10-11-21(17(3)15-20)26-23(24)22-18(4)13-16(2)14-19(22)5;;/h10-11,13-15,26H,6-9,12H2,1-5H3;;. The first-order chi connectivity index (χ1) is 12.4. The fraction of sp³-hybridized carbons (Fsp3) is 0.435. The van der Waals surface area contributed by atoms with E-state index in [0.717, 1.165) is 46.3 Å². The van der Waals surface area contributed by atoms with E-state index in [-0.39, 0.29) is 33.0 Å². The maximum absolute atomic E-state index is 12.9. The van der Waals surface area contributed by atoms with Crippen molar-refractivity contribution in [2.24, 2.45) is 0 Å². The van der Waals surface area contributed by atoms with E-state index in [1.165, 1.54) is 24.8 Å². The Balaban J connectivity index is 0.00000364. The van der Waals surface area contributed by atoms with Crippen LogP contribution in [0, 0.1) is 27.7 Å². The van der Waals surface area contributed by atoms with Crippen LogP contribution in [0.25, 0.3) is 0 Å². The van der Waals surface area contributed by atoms with Crippen LogP contribution in [0.5, 0.6) is 5.75 Å². The van der Waals surface area contributed by atoms with Crippen LogP contribution >= 0.6 is 8.58 Å². The van der Waals surface area contributed by atoms with Crippen molar-refractivity contribution >= 4 is 38.3 Å². The summed E-state index contributed by atoms with van der Waals surface area (Å²) in [5.41, 5.74) is 5.58. The topological polar surface area (TPSA) is 26.3 Å². The fourth-order valence-electron chi connectivity index (χ4n) is 3.31. The van der Waals surface area contributed by atoms with Crippen molar-refractivity contribution in [3.05, 3.63) is 58.1 Å². The van der Waals surface area contributed by atoms with E-state index in [2.05, 4.69) is 39.0 Å². The average Bonchev–Trinajstić information content (AvgIpc) is 2.56. The molecule has 2 aromatic carbocycles. The zero-order chi connectivity index (χ0) is 19.1. The number of rotatable bonds is 9. The number of carbonyl (C=O) groups excluding carboxylic acids is 1. The summed E-state index contributed by atoms with van der Waals surface area (Å²) in [5, 5.41) is 1.10. The molecule has 2 rings (SSSR count). The summed E-state index contributed by atoms with van der Waals surface area (Å²) in [7, 11) is 0.148. The zero-order valence-electron chi connectivity index (χ0n) is 16.7. The molecule has 4 heteroatoms. The monoisotopic (exact) mass is 378 g/mol. The molecule has 142 valence electrons. The summed E-state index contributed by atoms with van der Waals surface area (Å²) in [6, 6.07) is 10.3. The van der Waals surface area contributed by atoms with Crippen LogP contribution in [0.3, 0.4) is 0 Å². The van der Waals surface area contributed by atoms with Gasteiger partial charge in [-0.05, 0) is 76.8 Å². The van der Waals surface area contributed by atoms with E-state index >= 15 is 0 Å². The Labute approximate surface area is 178 Å². The molecule has 0 spiro atoms. The summed E-state index contributed by atoms with van der Waals surface area (Å²) in [5.74, 6) is 0.905. The number of benzene rings is 2. The zero-order valence-corrected chi connectivity index (χ0v) is 17.7. The summed E-state index contributed by atoms with van der Waals surface area (Å²) < 4.78 is 5.85. The number of hydrogen-bond donors (Lipinski definition) is 0. The van der Waals surface area contributed by atoms with Crippen molar-refractivity contribution in [3.63, 3.8) is 0 Å². The van der Waals surface area contributed by atoms with E-state index < -0.39 is 0 Å². The van der Waals surface area contributed by atoms with Crippen LogP contribution in [0.4, 0.5) is 0 Å². The van der Waals surface area contributed by atoms with Crippen LogP contribution < -0.4 is 10.0 Å². The molecule has 0 radical (unpaired) electrons. The average molecular weight is 378 g/mol. The summed E-state index contributed by atoms with van der Waals surface area (Å²) in [6.45, 7) is 11.2.